The number of Topliss-reactive ketones (excluding diaryl/α,β-unsaturated/α-hetero) is 1. The molecular formula is C23H27FN2O3. The van der Waals surface area contributed by atoms with Gasteiger partial charge in [-0.3, -0.25) is 9.59 Å². The topological polar surface area (TPSA) is 67.4 Å². The Morgan fingerprint density at radius 2 is 2.14 bits per heavy atom. The van der Waals surface area contributed by atoms with E-state index in [4.69, 9.17) is 4.74 Å². The largest absolute Gasteiger partial charge is 0.486 e. The summed E-state index contributed by atoms with van der Waals surface area (Å²) in [5.74, 6) is 0.0544. The minimum absolute atomic E-state index is 0.0586. The van der Waals surface area contributed by atoms with E-state index in [2.05, 4.69) is 10.6 Å². The van der Waals surface area contributed by atoms with Gasteiger partial charge in [-0.1, -0.05) is 12.2 Å². The SMILES string of the molecule is CC(=O)Nc1ccc2c(c1)OC1(CCNCC1)C(CCC1=C(F)CCC=C1)C2=O. The van der Waals surface area contributed by atoms with E-state index in [-0.39, 0.29) is 23.4 Å². The van der Waals surface area contributed by atoms with Crippen LogP contribution in [-0.4, -0.2) is 30.4 Å². The van der Waals surface area contributed by atoms with Crippen molar-refractivity contribution in [2.75, 3.05) is 18.4 Å². The molecule has 1 aliphatic carbocycles. The van der Waals surface area contributed by atoms with Crippen LogP contribution in [0.3, 0.4) is 0 Å². The predicted molar refractivity (Wildman–Crippen MR) is 110 cm³/mol. The Hall–Kier alpha value is -2.47. The van der Waals surface area contributed by atoms with Crippen LogP contribution in [0.5, 0.6) is 5.75 Å². The van der Waals surface area contributed by atoms with Crippen molar-refractivity contribution in [2.45, 2.75) is 51.0 Å². The first kappa shape index (κ1) is 19.8. The number of piperidine rings is 1. The molecule has 1 aromatic carbocycles. The number of anilines is 1. The van der Waals surface area contributed by atoms with Crippen molar-refractivity contribution in [3.63, 3.8) is 0 Å². The molecule has 29 heavy (non-hydrogen) atoms. The van der Waals surface area contributed by atoms with Gasteiger partial charge >= 0.3 is 0 Å². The van der Waals surface area contributed by atoms with Gasteiger partial charge in [0.2, 0.25) is 5.91 Å². The van der Waals surface area contributed by atoms with E-state index in [0.29, 0.717) is 41.8 Å². The number of halogens is 1. The Labute approximate surface area is 170 Å². The van der Waals surface area contributed by atoms with E-state index in [1.165, 1.54) is 6.92 Å². The van der Waals surface area contributed by atoms with Crippen LogP contribution in [-0.2, 0) is 4.79 Å². The Balaban J connectivity index is 1.63. The number of allylic oxidation sites excluding steroid dienone is 4. The number of benzene rings is 1. The summed E-state index contributed by atoms with van der Waals surface area (Å²) in [5, 5.41) is 6.08. The Bertz CT molecular complexity index is 884. The number of rotatable bonds is 4. The number of hydrogen-bond acceptors (Lipinski definition) is 4. The van der Waals surface area contributed by atoms with Crippen molar-refractivity contribution < 1.29 is 18.7 Å². The zero-order chi connectivity index (χ0) is 20.4. The maximum atomic E-state index is 14.2. The second-order valence-corrected chi connectivity index (χ2v) is 8.14. The van der Waals surface area contributed by atoms with E-state index in [1.54, 1.807) is 18.2 Å². The van der Waals surface area contributed by atoms with Crippen LogP contribution in [0, 0.1) is 5.92 Å². The van der Waals surface area contributed by atoms with Gasteiger partial charge in [-0.25, -0.2) is 4.39 Å². The lowest BCUT2D eigenvalue weighted by Gasteiger charge is -2.46. The number of hydrogen-bond donors (Lipinski definition) is 2. The molecule has 1 fully saturated rings. The minimum Gasteiger partial charge on any atom is -0.486 e. The number of nitrogens with one attached hydrogen (secondary N) is 2. The van der Waals surface area contributed by atoms with Gasteiger partial charge in [-0.2, -0.15) is 0 Å². The zero-order valence-electron chi connectivity index (χ0n) is 16.7. The second-order valence-electron chi connectivity index (χ2n) is 8.14. The molecule has 1 amide bonds. The third-order valence-electron chi connectivity index (χ3n) is 6.18. The molecule has 1 aromatic rings. The second kappa shape index (κ2) is 8.11. The molecule has 6 heteroatoms. The van der Waals surface area contributed by atoms with Gasteiger partial charge in [0.25, 0.3) is 0 Å². The maximum Gasteiger partial charge on any atom is 0.221 e. The highest BCUT2D eigenvalue weighted by Gasteiger charge is 2.49. The summed E-state index contributed by atoms with van der Waals surface area (Å²) in [4.78, 5) is 24.8. The highest BCUT2D eigenvalue weighted by Crippen LogP contribution is 2.45. The summed E-state index contributed by atoms with van der Waals surface area (Å²) in [5.41, 5.74) is 1.28. The molecule has 0 bridgehead atoms. The van der Waals surface area contributed by atoms with Crippen LogP contribution >= 0.6 is 0 Å². The lowest BCUT2D eigenvalue weighted by atomic mass is 9.71. The quantitative estimate of drug-likeness (QED) is 0.793. The van der Waals surface area contributed by atoms with Crippen molar-refractivity contribution in [2.24, 2.45) is 5.92 Å². The summed E-state index contributed by atoms with van der Waals surface area (Å²) in [7, 11) is 0. The maximum absolute atomic E-state index is 14.2. The summed E-state index contributed by atoms with van der Waals surface area (Å²) >= 11 is 0. The minimum atomic E-state index is -0.584. The lowest BCUT2D eigenvalue weighted by Crippen LogP contribution is -2.56. The monoisotopic (exact) mass is 398 g/mol. The van der Waals surface area contributed by atoms with Crippen molar-refractivity contribution in [3.05, 3.63) is 47.3 Å². The summed E-state index contributed by atoms with van der Waals surface area (Å²) in [6.07, 6.45) is 7.60. The number of fused-ring (bicyclic) bond motifs is 1. The van der Waals surface area contributed by atoms with Crippen LogP contribution in [0.25, 0.3) is 0 Å². The molecule has 1 unspecified atom stereocenters. The molecule has 1 atom stereocenters. The first-order valence-corrected chi connectivity index (χ1v) is 10.4. The van der Waals surface area contributed by atoms with Gasteiger partial charge in [0.05, 0.1) is 11.5 Å². The number of ketones is 1. The fourth-order valence-electron chi connectivity index (χ4n) is 4.71. The first-order chi connectivity index (χ1) is 14.0. The van der Waals surface area contributed by atoms with Gasteiger partial charge in [0.1, 0.15) is 17.2 Å². The van der Waals surface area contributed by atoms with Gasteiger partial charge in [0, 0.05) is 37.9 Å². The molecule has 0 aromatic heterocycles. The first-order valence-electron chi connectivity index (χ1n) is 10.4. The molecule has 4 rings (SSSR count). The lowest BCUT2D eigenvalue weighted by molar-refractivity contribution is -0.114. The van der Waals surface area contributed by atoms with E-state index < -0.39 is 5.60 Å². The molecule has 1 spiro atoms. The number of amides is 1. The molecule has 2 aliphatic heterocycles. The molecule has 2 heterocycles. The van der Waals surface area contributed by atoms with Crippen LogP contribution in [0.2, 0.25) is 0 Å². The fraction of sp³-hybridized carbons (Fsp3) is 0.478. The van der Waals surface area contributed by atoms with Crippen molar-refractivity contribution in [1.82, 2.24) is 5.32 Å². The molecule has 0 radical (unpaired) electrons. The third-order valence-corrected chi connectivity index (χ3v) is 6.18. The smallest absolute Gasteiger partial charge is 0.221 e. The van der Waals surface area contributed by atoms with E-state index in [1.807, 2.05) is 12.2 Å². The predicted octanol–water partition coefficient (Wildman–Crippen LogP) is 4.31. The standard InChI is InChI=1S/C23H27FN2O3/c1-15(27)26-17-7-8-18-21(14-17)29-23(10-12-25-13-11-23)19(22(18)28)9-6-16-4-2-3-5-20(16)24/h2,4,7-8,14,19,25H,3,5-6,9-13H2,1H3,(H,26,27). The summed E-state index contributed by atoms with van der Waals surface area (Å²) < 4.78 is 20.7. The fourth-order valence-corrected chi connectivity index (χ4v) is 4.71. The average molecular weight is 398 g/mol. The van der Waals surface area contributed by atoms with Crippen molar-refractivity contribution in [3.8, 4) is 5.75 Å². The van der Waals surface area contributed by atoms with Gasteiger partial charge < -0.3 is 15.4 Å². The summed E-state index contributed by atoms with van der Waals surface area (Å²) in [6, 6.07) is 5.19. The Morgan fingerprint density at radius 1 is 1.34 bits per heavy atom. The highest BCUT2D eigenvalue weighted by molar-refractivity contribution is 6.03. The van der Waals surface area contributed by atoms with Gasteiger partial charge in [-0.15, -0.1) is 0 Å². The highest BCUT2D eigenvalue weighted by atomic mass is 19.1. The average Bonchev–Trinajstić information content (AvgIpc) is 2.69. The van der Waals surface area contributed by atoms with E-state index in [9.17, 15) is 14.0 Å². The van der Waals surface area contributed by atoms with Crippen LogP contribution < -0.4 is 15.4 Å². The van der Waals surface area contributed by atoms with E-state index in [0.717, 1.165) is 32.4 Å². The van der Waals surface area contributed by atoms with Gasteiger partial charge in [-0.05, 0) is 50.1 Å². The Kier molecular flexibility index (Phi) is 5.54. The zero-order valence-corrected chi connectivity index (χ0v) is 16.7. The summed E-state index contributed by atoms with van der Waals surface area (Å²) in [6.45, 7) is 3.01. The molecule has 5 nitrogen and oxygen atoms in total. The number of carbonyl (C=O) groups excluding carboxylic acids is 2. The Morgan fingerprint density at radius 3 is 2.86 bits per heavy atom. The molecule has 0 saturated carbocycles. The molecule has 1 saturated heterocycles. The molecule has 154 valence electrons. The van der Waals surface area contributed by atoms with Crippen molar-refractivity contribution >= 4 is 17.4 Å². The van der Waals surface area contributed by atoms with Crippen LogP contribution in [0.15, 0.2) is 41.8 Å². The van der Waals surface area contributed by atoms with Crippen LogP contribution in [0.4, 0.5) is 10.1 Å². The van der Waals surface area contributed by atoms with Crippen LogP contribution in [0.1, 0.15) is 55.8 Å². The molecule has 3 aliphatic rings. The number of ether oxygens (including phenoxy) is 1. The van der Waals surface area contributed by atoms with Crippen molar-refractivity contribution in [1.29, 1.82) is 0 Å². The third kappa shape index (κ3) is 3.99. The molecule has 2 N–H and O–H groups in total. The normalized spacial score (nSPS) is 23.0. The number of carbonyl (C=O) groups is 2. The van der Waals surface area contributed by atoms with Gasteiger partial charge in [0.15, 0.2) is 5.78 Å². The van der Waals surface area contributed by atoms with E-state index >= 15 is 0 Å². The molecular weight excluding hydrogens is 371 g/mol.